The van der Waals surface area contributed by atoms with Crippen LogP contribution < -0.4 is 5.56 Å². The first kappa shape index (κ1) is 8.45. The molecule has 1 aromatic carbocycles. The number of nitrogens with one attached hydrogen (secondary N) is 1. The van der Waals surface area contributed by atoms with E-state index in [-0.39, 0.29) is 5.56 Å². The Balaban J connectivity index is 2.88. The van der Waals surface area contributed by atoms with Gasteiger partial charge in [-0.25, -0.2) is 4.98 Å². The molecule has 0 aliphatic carbocycles. The summed E-state index contributed by atoms with van der Waals surface area (Å²) in [5.74, 6) is 0. The number of nitrogens with zero attached hydrogens (tertiary/aromatic N) is 2. The zero-order valence-corrected chi connectivity index (χ0v) is 7.53. The number of hydrogen-bond donors (Lipinski definition) is 1. The second-order valence-electron chi connectivity index (χ2n) is 3.04. The minimum absolute atomic E-state index is 0.259. The van der Waals surface area contributed by atoms with Gasteiger partial charge in [0.1, 0.15) is 0 Å². The molecule has 14 heavy (non-hydrogen) atoms. The van der Waals surface area contributed by atoms with Crippen molar-refractivity contribution in [2.24, 2.45) is 0 Å². The van der Waals surface area contributed by atoms with E-state index in [0.29, 0.717) is 16.6 Å². The summed E-state index contributed by atoms with van der Waals surface area (Å²) in [6, 6.07) is 5.48. The van der Waals surface area contributed by atoms with Crippen molar-refractivity contribution >= 4 is 11.0 Å². The predicted octanol–water partition coefficient (Wildman–Crippen LogP) is 1.10. The molecule has 1 N–H and O–H groups in total. The van der Waals surface area contributed by atoms with Crippen molar-refractivity contribution in [3.63, 3.8) is 0 Å². The molecule has 0 atom stereocenters. The molecule has 0 spiro atoms. The largest absolute Gasteiger partial charge is 0.319 e. The fourth-order valence-electron chi connectivity index (χ4n) is 1.31. The van der Waals surface area contributed by atoms with E-state index in [1.807, 2.05) is 6.92 Å². The van der Waals surface area contributed by atoms with Gasteiger partial charge in [0.15, 0.2) is 0 Å². The zero-order chi connectivity index (χ0) is 10.1. The molecule has 4 nitrogen and oxygen atoms in total. The molecule has 1 aromatic heterocycles. The highest BCUT2D eigenvalue weighted by molar-refractivity contribution is 5.76. The molecule has 2 rings (SSSR count). The van der Waals surface area contributed by atoms with Gasteiger partial charge in [0.25, 0.3) is 5.56 Å². The van der Waals surface area contributed by atoms with Crippen LogP contribution in [0.5, 0.6) is 0 Å². The fraction of sp³-hybridized carbons (Fsp3) is 0.100. The second kappa shape index (κ2) is 2.96. The fourth-order valence-corrected chi connectivity index (χ4v) is 1.31. The van der Waals surface area contributed by atoms with Crippen LogP contribution in [0.2, 0.25) is 0 Å². The lowest BCUT2D eigenvalue weighted by Crippen LogP contribution is -2.05. The maximum absolute atomic E-state index is 11.0. The van der Waals surface area contributed by atoms with Gasteiger partial charge in [-0.2, -0.15) is 5.26 Å². The first-order valence-electron chi connectivity index (χ1n) is 4.10. The number of benzene rings is 1. The Bertz CT molecular complexity index is 592. The van der Waals surface area contributed by atoms with E-state index in [4.69, 9.17) is 5.26 Å². The van der Waals surface area contributed by atoms with Crippen LogP contribution in [0.15, 0.2) is 23.1 Å². The Hall–Kier alpha value is -2.15. The van der Waals surface area contributed by atoms with E-state index >= 15 is 0 Å². The lowest BCUT2D eigenvalue weighted by molar-refractivity contribution is 1.21. The van der Waals surface area contributed by atoms with Gasteiger partial charge in [-0.1, -0.05) is 0 Å². The molecule has 0 saturated carbocycles. The normalized spacial score (nSPS) is 10.0. The number of hydrogen-bond acceptors (Lipinski definition) is 3. The highest BCUT2D eigenvalue weighted by atomic mass is 16.1. The molecule has 0 fully saturated rings. The molecule has 2 aromatic rings. The summed E-state index contributed by atoms with van der Waals surface area (Å²) in [5, 5.41) is 8.78. The van der Waals surface area contributed by atoms with Crippen molar-refractivity contribution in [1.82, 2.24) is 9.97 Å². The van der Waals surface area contributed by atoms with E-state index in [1.165, 1.54) is 6.20 Å². The van der Waals surface area contributed by atoms with Crippen molar-refractivity contribution in [3.05, 3.63) is 39.8 Å². The molecule has 0 bridgehead atoms. The Labute approximate surface area is 79.8 Å². The van der Waals surface area contributed by atoms with E-state index in [2.05, 4.69) is 16.0 Å². The highest BCUT2D eigenvalue weighted by Gasteiger charge is 2.01. The van der Waals surface area contributed by atoms with Crippen LogP contribution in [0.25, 0.3) is 11.0 Å². The summed E-state index contributed by atoms with van der Waals surface area (Å²) in [5.41, 5.74) is 2.45. The highest BCUT2D eigenvalue weighted by Crippen LogP contribution is 2.13. The Kier molecular flexibility index (Phi) is 1.79. The van der Waals surface area contributed by atoms with E-state index in [1.54, 1.807) is 12.1 Å². The number of fused-ring (bicyclic) bond motifs is 1. The minimum Gasteiger partial charge on any atom is -0.319 e. The van der Waals surface area contributed by atoms with Crippen LogP contribution in [-0.2, 0) is 0 Å². The lowest BCUT2D eigenvalue weighted by atomic mass is 10.1. The topological polar surface area (TPSA) is 69.5 Å². The summed E-state index contributed by atoms with van der Waals surface area (Å²) in [6.07, 6.45) is 1.23. The maximum atomic E-state index is 11.0. The zero-order valence-electron chi connectivity index (χ0n) is 7.53. The maximum Gasteiger partial charge on any atom is 0.266 e. The third kappa shape index (κ3) is 1.25. The smallest absolute Gasteiger partial charge is 0.266 e. The van der Waals surface area contributed by atoms with Gasteiger partial charge in [-0.05, 0) is 24.6 Å². The lowest BCUT2D eigenvalue weighted by Gasteiger charge is -1.99. The molecule has 4 heteroatoms. The van der Waals surface area contributed by atoms with Crippen LogP contribution >= 0.6 is 0 Å². The average Bonchev–Trinajstić information content (AvgIpc) is 2.17. The third-order valence-corrected chi connectivity index (χ3v) is 2.04. The van der Waals surface area contributed by atoms with Crippen LogP contribution in [0.3, 0.4) is 0 Å². The van der Waals surface area contributed by atoms with Gasteiger partial charge in [0.05, 0.1) is 28.9 Å². The summed E-state index contributed by atoms with van der Waals surface area (Å²) in [6.45, 7) is 1.84. The number of rotatable bonds is 0. The first-order chi connectivity index (χ1) is 6.70. The van der Waals surface area contributed by atoms with Crippen molar-refractivity contribution in [2.45, 2.75) is 6.92 Å². The van der Waals surface area contributed by atoms with Crippen molar-refractivity contribution in [1.29, 1.82) is 5.26 Å². The summed E-state index contributed by atoms with van der Waals surface area (Å²) < 4.78 is 0. The number of aromatic amines is 1. The van der Waals surface area contributed by atoms with E-state index in [9.17, 15) is 4.79 Å². The summed E-state index contributed by atoms with van der Waals surface area (Å²) in [7, 11) is 0. The molecule has 0 radical (unpaired) electrons. The molecule has 68 valence electrons. The van der Waals surface area contributed by atoms with Gasteiger partial charge < -0.3 is 4.98 Å². The number of aromatic nitrogens is 2. The molecule has 1 heterocycles. The van der Waals surface area contributed by atoms with E-state index < -0.39 is 0 Å². The SMILES string of the molecule is Cc1cc2ncc(=O)[nH]c2cc1C#N. The van der Waals surface area contributed by atoms with Crippen molar-refractivity contribution < 1.29 is 0 Å². The number of nitriles is 1. The first-order valence-corrected chi connectivity index (χ1v) is 4.10. The molecule has 0 saturated heterocycles. The molecular weight excluding hydrogens is 178 g/mol. The van der Waals surface area contributed by atoms with Gasteiger partial charge in [-0.3, -0.25) is 4.79 Å². The van der Waals surface area contributed by atoms with Gasteiger partial charge in [0.2, 0.25) is 0 Å². The number of H-pyrrole nitrogens is 1. The molecule has 0 aliphatic heterocycles. The van der Waals surface area contributed by atoms with Crippen LogP contribution in [0.1, 0.15) is 11.1 Å². The predicted molar refractivity (Wildman–Crippen MR) is 51.8 cm³/mol. The summed E-state index contributed by atoms with van der Waals surface area (Å²) >= 11 is 0. The Morgan fingerprint density at radius 3 is 3.00 bits per heavy atom. The number of aryl methyl sites for hydroxylation is 1. The molecule has 0 amide bonds. The van der Waals surface area contributed by atoms with Crippen LogP contribution in [0.4, 0.5) is 0 Å². The van der Waals surface area contributed by atoms with Crippen molar-refractivity contribution in [3.8, 4) is 6.07 Å². The van der Waals surface area contributed by atoms with Gasteiger partial charge in [-0.15, -0.1) is 0 Å². The van der Waals surface area contributed by atoms with Crippen LogP contribution in [-0.4, -0.2) is 9.97 Å². The monoisotopic (exact) mass is 185 g/mol. The quantitative estimate of drug-likeness (QED) is 0.668. The third-order valence-electron chi connectivity index (χ3n) is 2.04. The Morgan fingerprint density at radius 2 is 2.29 bits per heavy atom. The minimum atomic E-state index is -0.259. The van der Waals surface area contributed by atoms with Crippen molar-refractivity contribution in [2.75, 3.05) is 0 Å². The molecule has 0 aliphatic rings. The van der Waals surface area contributed by atoms with Gasteiger partial charge in [0, 0.05) is 0 Å². The van der Waals surface area contributed by atoms with E-state index in [0.717, 1.165) is 5.56 Å². The van der Waals surface area contributed by atoms with Gasteiger partial charge >= 0.3 is 0 Å². The molecule has 0 unspecified atom stereocenters. The standard InChI is InChI=1S/C10H7N3O/c1-6-2-8-9(3-7(6)4-11)13-10(14)5-12-8/h2-3,5H,1H3,(H,13,14). The van der Waals surface area contributed by atoms with Crippen LogP contribution in [0, 0.1) is 18.3 Å². The second-order valence-corrected chi connectivity index (χ2v) is 3.04. The average molecular weight is 185 g/mol. The molecular formula is C10H7N3O. The summed E-state index contributed by atoms with van der Waals surface area (Å²) in [4.78, 5) is 17.6. The Morgan fingerprint density at radius 1 is 1.50 bits per heavy atom.